The smallest absolute Gasteiger partial charge is 0.0850 e. The Bertz CT molecular complexity index is 667. The van der Waals surface area contributed by atoms with Crippen molar-refractivity contribution in [2.45, 2.75) is 38.9 Å². The van der Waals surface area contributed by atoms with E-state index in [1.54, 1.807) is 0 Å². The van der Waals surface area contributed by atoms with Gasteiger partial charge in [0.05, 0.1) is 25.4 Å². The third-order valence-electron chi connectivity index (χ3n) is 4.39. The molecule has 2 atom stereocenters. The number of hydrogen-bond donors (Lipinski definition) is 0. The van der Waals surface area contributed by atoms with E-state index in [2.05, 4.69) is 38.1 Å². The highest BCUT2D eigenvalue weighted by atomic mass is 16.6. The molecule has 2 heteroatoms. The largest absolute Gasteiger partial charge is 0.373 e. The minimum absolute atomic E-state index is 0.444. The average Bonchev–Trinajstić information content (AvgIpc) is 3.28. The Morgan fingerprint density at radius 2 is 1.65 bits per heavy atom. The van der Waals surface area contributed by atoms with Gasteiger partial charge in [-0.25, -0.2) is 0 Å². The molecule has 2 heterocycles. The molecule has 104 valence electrons. The van der Waals surface area contributed by atoms with Crippen LogP contribution in [0.25, 0.3) is 10.8 Å². The summed E-state index contributed by atoms with van der Waals surface area (Å²) in [6, 6.07) is 9.21. The summed E-state index contributed by atoms with van der Waals surface area (Å²) in [5.74, 6) is 0. The molecule has 0 N–H and O–H groups in total. The van der Waals surface area contributed by atoms with Crippen LogP contribution in [0.3, 0.4) is 0 Å². The maximum Gasteiger partial charge on any atom is 0.0850 e. The molecule has 0 bridgehead atoms. The first-order chi connectivity index (χ1) is 9.70. The van der Waals surface area contributed by atoms with Crippen LogP contribution < -0.4 is 0 Å². The average molecular weight is 268 g/mol. The summed E-state index contributed by atoms with van der Waals surface area (Å²) >= 11 is 0. The summed E-state index contributed by atoms with van der Waals surface area (Å²) < 4.78 is 10.8. The molecule has 0 saturated carbocycles. The monoisotopic (exact) mass is 268 g/mol. The molecule has 20 heavy (non-hydrogen) atoms. The van der Waals surface area contributed by atoms with Crippen molar-refractivity contribution in [3.8, 4) is 0 Å². The molecule has 2 aromatic rings. The van der Waals surface area contributed by atoms with E-state index in [0.29, 0.717) is 12.2 Å². The fourth-order valence-electron chi connectivity index (χ4n) is 3.17. The predicted molar refractivity (Wildman–Crippen MR) is 80.3 cm³/mol. The highest BCUT2D eigenvalue weighted by molar-refractivity contribution is 5.92. The van der Waals surface area contributed by atoms with Gasteiger partial charge in [-0.15, -0.1) is 0 Å². The molecule has 2 aromatic carbocycles. The van der Waals surface area contributed by atoms with E-state index in [1.165, 1.54) is 33.0 Å². The van der Waals surface area contributed by atoms with Crippen molar-refractivity contribution in [1.82, 2.24) is 0 Å². The van der Waals surface area contributed by atoms with Crippen LogP contribution in [0.1, 0.15) is 22.3 Å². The lowest BCUT2D eigenvalue weighted by Gasteiger charge is -2.13. The highest BCUT2D eigenvalue weighted by Crippen LogP contribution is 2.31. The molecule has 0 spiro atoms. The van der Waals surface area contributed by atoms with Crippen molar-refractivity contribution in [3.05, 3.63) is 46.5 Å². The molecule has 2 unspecified atom stereocenters. The number of fused-ring (bicyclic) bond motifs is 1. The predicted octanol–water partition coefficient (Wildman–Crippen LogP) is 3.34. The van der Waals surface area contributed by atoms with Gasteiger partial charge in [0.15, 0.2) is 0 Å². The molecule has 0 aliphatic carbocycles. The summed E-state index contributed by atoms with van der Waals surface area (Å²) in [7, 11) is 0. The number of benzene rings is 2. The Kier molecular flexibility index (Phi) is 2.83. The van der Waals surface area contributed by atoms with Crippen LogP contribution in [0.15, 0.2) is 24.3 Å². The number of epoxide rings is 2. The van der Waals surface area contributed by atoms with Crippen LogP contribution in [-0.2, 0) is 22.3 Å². The lowest BCUT2D eigenvalue weighted by atomic mass is 9.91. The van der Waals surface area contributed by atoms with Gasteiger partial charge in [0, 0.05) is 12.8 Å². The summed E-state index contributed by atoms with van der Waals surface area (Å²) in [6.07, 6.45) is 2.99. The van der Waals surface area contributed by atoms with Gasteiger partial charge < -0.3 is 9.47 Å². The lowest BCUT2D eigenvalue weighted by Crippen LogP contribution is -1.99. The molecule has 2 fully saturated rings. The van der Waals surface area contributed by atoms with Crippen molar-refractivity contribution >= 4 is 10.8 Å². The second-order valence-electron chi connectivity index (χ2n) is 6.20. The molecule has 2 aliphatic heterocycles. The van der Waals surface area contributed by atoms with Crippen LogP contribution in [0.2, 0.25) is 0 Å². The van der Waals surface area contributed by atoms with Gasteiger partial charge >= 0.3 is 0 Å². The van der Waals surface area contributed by atoms with Crippen molar-refractivity contribution in [3.63, 3.8) is 0 Å². The van der Waals surface area contributed by atoms with Crippen LogP contribution >= 0.6 is 0 Å². The summed E-state index contributed by atoms with van der Waals surface area (Å²) in [4.78, 5) is 0. The molecule has 2 saturated heterocycles. The van der Waals surface area contributed by atoms with E-state index in [9.17, 15) is 0 Å². The van der Waals surface area contributed by atoms with Gasteiger partial charge in [-0.1, -0.05) is 24.3 Å². The van der Waals surface area contributed by atoms with E-state index >= 15 is 0 Å². The van der Waals surface area contributed by atoms with Gasteiger partial charge in [0.25, 0.3) is 0 Å². The van der Waals surface area contributed by atoms with Gasteiger partial charge in [-0.3, -0.25) is 0 Å². The zero-order valence-corrected chi connectivity index (χ0v) is 12.1. The molecule has 4 rings (SSSR count). The van der Waals surface area contributed by atoms with E-state index in [4.69, 9.17) is 9.47 Å². The topological polar surface area (TPSA) is 25.1 Å². The van der Waals surface area contributed by atoms with Crippen LogP contribution in [0.5, 0.6) is 0 Å². The first kappa shape index (κ1) is 12.4. The minimum atomic E-state index is 0.444. The van der Waals surface area contributed by atoms with Crippen molar-refractivity contribution in [2.75, 3.05) is 13.2 Å². The Morgan fingerprint density at radius 3 is 2.35 bits per heavy atom. The van der Waals surface area contributed by atoms with Gasteiger partial charge in [-0.2, -0.15) is 0 Å². The molecular formula is C18H20O2. The zero-order chi connectivity index (χ0) is 13.7. The number of hydrogen-bond acceptors (Lipinski definition) is 2. The summed E-state index contributed by atoms with van der Waals surface area (Å²) in [5.41, 5.74) is 5.58. The van der Waals surface area contributed by atoms with Gasteiger partial charge in [0.2, 0.25) is 0 Å². The van der Waals surface area contributed by atoms with Crippen LogP contribution in [0.4, 0.5) is 0 Å². The highest BCUT2D eigenvalue weighted by Gasteiger charge is 2.25. The minimum Gasteiger partial charge on any atom is -0.373 e. The fourth-order valence-corrected chi connectivity index (χ4v) is 3.17. The van der Waals surface area contributed by atoms with E-state index in [-0.39, 0.29) is 0 Å². The normalized spacial score (nSPS) is 24.1. The molecule has 2 aliphatic rings. The number of ether oxygens (including phenoxy) is 2. The Labute approximate surface area is 119 Å². The van der Waals surface area contributed by atoms with E-state index in [0.717, 1.165) is 26.1 Å². The van der Waals surface area contributed by atoms with Gasteiger partial charge in [0.1, 0.15) is 0 Å². The van der Waals surface area contributed by atoms with Crippen LogP contribution in [0, 0.1) is 13.8 Å². The maximum atomic E-state index is 5.40. The molecule has 2 nitrogen and oxygen atoms in total. The lowest BCUT2D eigenvalue weighted by molar-refractivity contribution is 0.407. The molecular weight excluding hydrogens is 248 g/mol. The first-order valence-electron chi connectivity index (χ1n) is 7.45. The standard InChI is InChI=1S/C18H20O2/c1-11-3-4-14(8-16-10-20-16)18-12(2)5-13(7-17(11)18)6-15-9-19-15/h3-5,7,15-16H,6,8-10H2,1-2H3. The summed E-state index contributed by atoms with van der Waals surface area (Å²) in [5, 5.41) is 2.83. The van der Waals surface area contributed by atoms with Crippen molar-refractivity contribution < 1.29 is 9.47 Å². The Morgan fingerprint density at radius 1 is 0.950 bits per heavy atom. The first-order valence-corrected chi connectivity index (χ1v) is 7.45. The Balaban J connectivity index is 1.82. The fraction of sp³-hybridized carbons (Fsp3) is 0.444. The van der Waals surface area contributed by atoms with Crippen LogP contribution in [-0.4, -0.2) is 25.4 Å². The van der Waals surface area contributed by atoms with Gasteiger partial charge in [-0.05, 0) is 46.9 Å². The third kappa shape index (κ3) is 2.34. The number of rotatable bonds is 4. The van der Waals surface area contributed by atoms with Crippen molar-refractivity contribution in [1.29, 1.82) is 0 Å². The van der Waals surface area contributed by atoms with E-state index < -0.39 is 0 Å². The van der Waals surface area contributed by atoms with Crippen molar-refractivity contribution in [2.24, 2.45) is 0 Å². The second-order valence-corrected chi connectivity index (χ2v) is 6.20. The molecule has 0 amide bonds. The summed E-state index contributed by atoms with van der Waals surface area (Å²) in [6.45, 7) is 6.29. The van der Waals surface area contributed by atoms with E-state index in [1.807, 2.05) is 0 Å². The number of aryl methyl sites for hydroxylation is 2. The zero-order valence-electron chi connectivity index (χ0n) is 12.1. The SMILES string of the molecule is Cc1ccc(CC2CO2)c2c(C)cc(CC3CO3)cc12. The molecule has 0 aromatic heterocycles. The quantitative estimate of drug-likeness (QED) is 0.795. The maximum absolute atomic E-state index is 5.40. The third-order valence-corrected chi connectivity index (χ3v) is 4.39. The second kappa shape index (κ2) is 4.57. The Hall–Kier alpha value is -1.38. The molecule has 0 radical (unpaired) electrons.